The zero-order valence-electron chi connectivity index (χ0n) is 11.6. The number of ether oxygens (including phenoxy) is 1. The highest BCUT2D eigenvalue weighted by molar-refractivity contribution is 9.10. The van der Waals surface area contributed by atoms with Crippen molar-refractivity contribution in [2.24, 2.45) is 0 Å². The molecule has 0 bridgehead atoms. The van der Waals surface area contributed by atoms with Gasteiger partial charge in [0.1, 0.15) is 0 Å². The Hall–Kier alpha value is -0.420. The zero-order chi connectivity index (χ0) is 13.5. The summed E-state index contributed by atoms with van der Waals surface area (Å²) >= 11 is 3.53. The van der Waals surface area contributed by atoms with E-state index >= 15 is 0 Å². The van der Waals surface area contributed by atoms with Crippen molar-refractivity contribution in [3.05, 3.63) is 34.3 Å². The van der Waals surface area contributed by atoms with Crippen molar-refractivity contribution < 1.29 is 4.74 Å². The molecule has 3 nitrogen and oxygen atoms in total. The molecule has 0 amide bonds. The van der Waals surface area contributed by atoms with Gasteiger partial charge in [-0.05, 0) is 24.1 Å². The Kier molecular flexibility index (Phi) is 6.31. The number of rotatable bonds is 6. The molecule has 1 aromatic rings. The van der Waals surface area contributed by atoms with E-state index in [0.717, 1.165) is 26.1 Å². The normalized spacial score (nSPS) is 17.8. The van der Waals surface area contributed by atoms with Crippen molar-refractivity contribution in [1.29, 1.82) is 0 Å². The summed E-state index contributed by atoms with van der Waals surface area (Å²) in [4.78, 5) is 5.04. The molecule has 0 atom stereocenters. The second kappa shape index (κ2) is 8.00. The molecule has 0 unspecified atom stereocenters. The Morgan fingerprint density at radius 1 is 1.11 bits per heavy atom. The Morgan fingerprint density at radius 3 is 2.42 bits per heavy atom. The van der Waals surface area contributed by atoms with Crippen molar-refractivity contribution in [2.45, 2.75) is 6.42 Å². The van der Waals surface area contributed by atoms with E-state index in [1.54, 1.807) is 7.11 Å². The smallest absolute Gasteiger partial charge is 0.0589 e. The predicted molar refractivity (Wildman–Crippen MR) is 82.6 cm³/mol. The van der Waals surface area contributed by atoms with E-state index in [9.17, 15) is 0 Å². The summed E-state index contributed by atoms with van der Waals surface area (Å²) < 4.78 is 6.30. The SMILES string of the molecule is COCCN1CCN(CCc2cccc(Br)c2)CC1. The van der Waals surface area contributed by atoms with Gasteiger partial charge in [0, 0.05) is 50.9 Å². The minimum absolute atomic E-state index is 0.845. The number of piperazine rings is 1. The first-order valence-electron chi connectivity index (χ1n) is 6.96. The summed E-state index contributed by atoms with van der Waals surface area (Å²) in [6.07, 6.45) is 1.14. The van der Waals surface area contributed by atoms with Crippen LogP contribution in [0.5, 0.6) is 0 Å². The molecule has 0 aliphatic carbocycles. The van der Waals surface area contributed by atoms with Gasteiger partial charge in [0.25, 0.3) is 0 Å². The molecule has 1 aliphatic rings. The number of hydrogen-bond acceptors (Lipinski definition) is 3. The highest BCUT2D eigenvalue weighted by Crippen LogP contribution is 2.12. The highest BCUT2D eigenvalue weighted by Gasteiger charge is 2.15. The van der Waals surface area contributed by atoms with Crippen LogP contribution in [0.1, 0.15) is 5.56 Å². The van der Waals surface area contributed by atoms with Gasteiger partial charge in [-0.1, -0.05) is 28.1 Å². The second-order valence-electron chi connectivity index (χ2n) is 5.06. The van der Waals surface area contributed by atoms with Crippen LogP contribution in [0.25, 0.3) is 0 Å². The van der Waals surface area contributed by atoms with Crippen molar-refractivity contribution in [3.63, 3.8) is 0 Å². The average molecular weight is 327 g/mol. The van der Waals surface area contributed by atoms with Gasteiger partial charge in [0.2, 0.25) is 0 Å². The van der Waals surface area contributed by atoms with Crippen molar-refractivity contribution in [1.82, 2.24) is 9.80 Å². The lowest BCUT2D eigenvalue weighted by Gasteiger charge is -2.34. The summed E-state index contributed by atoms with van der Waals surface area (Å²) in [5, 5.41) is 0. The molecule has 106 valence electrons. The number of benzene rings is 1. The summed E-state index contributed by atoms with van der Waals surface area (Å²) in [6.45, 7) is 7.77. The number of hydrogen-bond donors (Lipinski definition) is 0. The van der Waals surface area contributed by atoms with Gasteiger partial charge >= 0.3 is 0 Å². The fourth-order valence-corrected chi connectivity index (χ4v) is 2.88. The highest BCUT2D eigenvalue weighted by atomic mass is 79.9. The lowest BCUT2D eigenvalue weighted by Crippen LogP contribution is -2.47. The molecule has 4 heteroatoms. The Balaban J connectivity index is 1.68. The van der Waals surface area contributed by atoms with Crippen LogP contribution in [-0.2, 0) is 11.2 Å². The van der Waals surface area contributed by atoms with E-state index in [0.29, 0.717) is 0 Å². The predicted octanol–water partition coefficient (Wildman–Crippen LogP) is 2.26. The van der Waals surface area contributed by atoms with Gasteiger partial charge in [-0.15, -0.1) is 0 Å². The van der Waals surface area contributed by atoms with E-state index in [1.807, 2.05) is 0 Å². The van der Waals surface area contributed by atoms with E-state index in [1.165, 1.54) is 36.2 Å². The van der Waals surface area contributed by atoms with Crippen LogP contribution >= 0.6 is 15.9 Å². The maximum atomic E-state index is 5.13. The van der Waals surface area contributed by atoms with Crippen LogP contribution in [0, 0.1) is 0 Å². The van der Waals surface area contributed by atoms with Crippen molar-refractivity contribution in [3.8, 4) is 0 Å². The fraction of sp³-hybridized carbons (Fsp3) is 0.600. The summed E-state index contributed by atoms with van der Waals surface area (Å²) in [5.41, 5.74) is 1.41. The molecule has 0 saturated carbocycles. The first-order chi connectivity index (χ1) is 9.28. The van der Waals surface area contributed by atoms with Crippen LogP contribution in [0.15, 0.2) is 28.7 Å². The van der Waals surface area contributed by atoms with E-state index in [2.05, 4.69) is 50.0 Å². The van der Waals surface area contributed by atoms with E-state index in [4.69, 9.17) is 4.74 Å². The second-order valence-corrected chi connectivity index (χ2v) is 5.97. The molecule has 0 N–H and O–H groups in total. The molecule has 1 aliphatic heterocycles. The minimum Gasteiger partial charge on any atom is -0.383 e. The van der Waals surface area contributed by atoms with Crippen LogP contribution < -0.4 is 0 Å². The van der Waals surface area contributed by atoms with Crippen molar-refractivity contribution in [2.75, 3.05) is 53.0 Å². The lowest BCUT2D eigenvalue weighted by atomic mass is 10.1. The Bertz CT molecular complexity index is 378. The lowest BCUT2D eigenvalue weighted by molar-refractivity contribution is 0.0976. The van der Waals surface area contributed by atoms with Gasteiger partial charge in [0.05, 0.1) is 6.61 Å². The first kappa shape index (κ1) is 15.0. The topological polar surface area (TPSA) is 15.7 Å². The maximum absolute atomic E-state index is 5.13. The monoisotopic (exact) mass is 326 g/mol. The molecule has 1 aromatic carbocycles. The summed E-state index contributed by atoms with van der Waals surface area (Å²) in [6, 6.07) is 8.62. The minimum atomic E-state index is 0.845. The molecule has 0 radical (unpaired) electrons. The molecule has 19 heavy (non-hydrogen) atoms. The van der Waals surface area contributed by atoms with Gasteiger partial charge in [-0.25, -0.2) is 0 Å². The largest absolute Gasteiger partial charge is 0.383 e. The number of methoxy groups -OCH3 is 1. The van der Waals surface area contributed by atoms with Crippen molar-refractivity contribution >= 4 is 15.9 Å². The molecule has 2 rings (SSSR count). The molecule has 0 aromatic heterocycles. The van der Waals surface area contributed by atoms with Gasteiger partial charge in [0.15, 0.2) is 0 Å². The Morgan fingerprint density at radius 2 is 1.79 bits per heavy atom. The van der Waals surface area contributed by atoms with Crippen LogP contribution in [0.4, 0.5) is 0 Å². The maximum Gasteiger partial charge on any atom is 0.0589 e. The molecular formula is C15H23BrN2O. The van der Waals surface area contributed by atoms with Gasteiger partial charge in [-0.3, -0.25) is 4.90 Å². The zero-order valence-corrected chi connectivity index (χ0v) is 13.2. The van der Waals surface area contributed by atoms with Crippen LogP contribution in [-0.4, -0.2) is 62.8 Å². The van der Waals surface area contributed by atoms with Gasteiger partial charge in [-0.2, -0.15) is 0 Å². The Labute approximate surface area is 124 Å². The first-order valence-corrected chi connectivity index (χ1v) is 7.75. The number of nitrogens with zero attached hydrogens (tertiary/aromatic N) is 2. The standard InChI is InChI=1S/C15H23BrN2O/c1-19-12-11-18-9-7-17(8-10-18)6-5-14-3-2-4-15(16)13-14/h2-4,13H,5-12H2,1H3. The molecule has 0 spiro atoms. The fourth-order valence-electron chi connectivity index (χ4n) is 2.44. The third-order valence-corrected chi connectivity index (χ3v) is 4.18. The van der Waals surface area contributed by atoms with Gasteiger partial charge < -0.3 is 9.64 Å². The molecule has 1 fully saturated rings. The quantitative estimate of drug-likeness (QED) is 0.797. The summed E-state index contributed by atoms with van der Waals surface area (Å²) in [7, 11) is 1.77. The third kappa shape index (κ3) is 5.22. The molecule has 1 heterocycles. The molecule has 1 saturated heterocycles. The van der Waals surface area contributed by atoms with Crippen LogP contribution in [0.3, 0.4) is 0 Å². The summed E-state index contributed by atoms with van der Waals surface area (Å²) in [5.74, 6) is 0. The third-order valence-electron chi connectivity index (χ3n) is 3.68. The van der Waals surface area contributed by atoms with E-state index < -0.39 is 0 Å². The van der Waals surface area contributed by atoms with E-state index in [-0.39, 0.29) is 0 Å². The number of halogens is 1. The molecular weight excluding hydrogens is 304 g/mol. The van der Waals surface area contributed by atoms with Crippen LogP contribution in [0.2, 0.25) is 0 Å². The average Bonchev–Trinajstić information content (AvgIpc) is 2.44.